The van der Waals surface area contributed by atoms with Crippen LogP contribution in [0.5, 0.6) is 0 Å². The van der Waals surface area contributed by atoms with Crippen molar-refractivity contribution in [1.29, 1.82) is 0 Å². The molecule has 3 N–H and O–H groups in total. The lowest BCUT2D eigenvalue weighted by molar-refractivity contribution is -0.131. The van der Waals surface area contributed by atoms with Gasteiger partial charge in [-0.15, -0.1) is 0 Å². The van der Waals surface area contributed by atoms with E-state index in [4.69, 9.17) is 0 Å². The molecule has 0 radical (unpaired) electrons. The fourth-order valence-corrected chi connectivity index (χ4v) is 2.94. The molecule has 0 aromatic carbocycles. The molecule has 0 saturated carbocycles. The predicted octanol–water partition coefficient (Wildman–Crippen LogP) is -0.562. The number of nitrogens with one attached hydrogen (secondary N) is 3. The van der Waals surface area contributed by atoms with Crippen LogP contribution in [0.3, 0.4) is 0 Å². The molecule has 2 aromatic rings. The van der Waals surface area contributed by atoms with Crippen LogP contribution in [-0.4, -0.2) is 49.0 Å². The maximum Gasteiger partial charge on any atom is 0.325 e. The molecule has 3 heterocycles. The Morgan fingerprint density at radius 3 is 2.91 bits per heavy atom. The van der Waals surface area contributed by atoms with Crippen LogP contribution in [0.15, 0.2) is 15.9 Å². The third kappa shape index (κ3) is 3.22. The normalized spacial score (nSPS) is 18.1. The van der Waals surface area contributed by atoms with Crippen molar-refractivity contribution < 1.29 is 4.79 Å². The second-order valence-corrected chi connectivity index (χ2v) is 5.74. The summed E-state index contributed by atoms with van der Waals surface area (Å²) in [7, 11) is 0. The van der Waals surface area contributed by atoms with Gasteiger partial charge in [0.25, 0.3) is 5.56 Å². The van der Waals surface area contributed by atoms with Crippen molar-refractivity contribution in [3.63, 3.8) is 0 Å². The number of aryl methyl sites for hydroxylation is 1. The lowest BCUT2D eigenvalue weighted by Gasteiger charge is -2.31. The van der Waals surface area contributed by atoms with Gasteiger partial charge in [-0.2, -0.15) is 5.10 Å². The highest BCUT2D eigenvalue weighted by Crippen LogP contribution is 2.24. The Kier molecular flexibility index (Phi) is 4.09. The first-order valence-electron chi connectivity index (χ1n) is 7.49. The van der Waals surface area contributed by atoms with Gasteiger partial charge in [-0.05, 0) is 19.8 Å². The number of aromatic nitrogens is 5. The molecule has 0 unspecified atom stereocenters. The van der Waals surface area contributed by atoms with Crippen molar-refractivity contribution in [2.75, 3.05) is 13.1 Å². The fraction of sp³-hybridized carbons (Fsp3) is 0.500. The van der Waals surface area contributed by atoms with Gasteiger partial charge >= 0.3 is 5.69 Å². The van der Waals surface area contributed by atoms with Gasteiger partial charge in [-0.25, -0.2) is 9.78 Å². The van der Waals surface area contributed by atoms with Crippen molar-refractivity contribution in [3.8, 4) is 0 Å². The van der Waals surface area contributed by atoms with Crippen LogP contribution < -0.4 is 11.2 Å². The summed E-state index contributed by atoms with van der Waals surface area (Å²) in [6.07, 6.45) is 3.25. The van der Waals surface area contributed by atoms with Crippen LogP contribution in [0.2, 0.25) is 0 Å². The summed E-state index contributed by atoms with van der Waals surface area (Å²) in [6.45, 7) is 2.82. The molecule has 9 heteroatoms. The van der Waals surface area contributed by atoms with Gasteiger partial charge in [0.1, 0.15) is 12.2 Å². The van der Waals surface area contributed by atoms with Crippen LogP contribution in [0, 0.1) is 6.92 Å². The third-order valence-corrected chi connectivity index (χ3v) is 4.18. The third-order valence-electron chi connectivity index (χ3n) is 4.18. The van der Waals surface area contributed by atoms with E-state index in [1.54, 1.807) is 11.8 Å². The first-order chi connectivity index (χ1) is 11.0. The van der Waals surface area contributed by atoms with E-state index < -0.39 is 11.2 Å². The minimum atomic E-state index is -0.563. The van der Waals surface area contributed by atoms with Crippen molar-refractivity contribution in [2.24, 2.45) is 0 Å². The smallest absolute Gasteiger partial charge is 0.325 e. The van der Waals surface area contributed by atoms with Crippen molar-refractivity contribution in [1.82, 2.24) is 30.0 Å². The monoisotopic (exact) mass is 318 g/mol. The van der Waals surface area contributed by atoms with Gasteiger partial charge < -0.3 is 9.88 Å². The minimum Gasteiger partial charge on any atom is -0.342 e. The second kappa shape index (κ2) is 6.19. The second-order valence-electron chi connectivity index (χ2n) is 5.74. The van der Waals surface area contributed by atoms with E-state index in [9.17, 15) is 14.4 Å². The van der Waals surface area contributed by atoms with Crippen LogP contribution >= 0.6 is 0 Å². The van der Waals surface area contributed by atoms with Gasteiger partial charge in [-0.3, -0.25) is 19.7 Å². The zero-order valence-electron chi connectivity index (χ0n) is 12.8. The van der Waals surface area contributed by atoms with E-state index in [2.05, 4.69) is 25.1 Å². The lowest BCUT2D eigenvalue weighted by Crippen LogP contribution is -2.41. The Bertz CT molecular complexity index is 807. The number of hydrogen-bond donors (Lipinski definition) is 3. The number of likely N-dealkylation sites (tertiary alicyclic amines) is 1. The molecule has 1 aliphatic rings. The molecule has 0 bridgehead atoms. The summed E-state index contributed by atoms with van der Waals surface area (Å²) in [5, 5.41) is 6.69. The summed E-state index contributed by atoms with van der Waals surface area (Å²) in [5.41, 5.74) is -0.345. The summed E-state index contributed by atoms with van der Waals surface area (Å²) >= 11 is 0. The van der Waals surface area contributed by atoms with E-state index in [0.717, 1.165) is 18.7 Å². The van der Waals surface area contributed by atoms with Crippen molar-refractivity contribution in [3.05, 3.63) is 44.2 Å². The van der Waals surface area contributed by atoms with Crippen LogP contribution in [-0.2, 0) is 11.2 Å². The molecule has 122 valence electrons. The number of amides is 1. The SMILES string of the molecule is Cc1[nH]c(=O)[nH]c(=O)c1CC(=O)N1CCC[C@H](c2ncn[nH]2)C1. The number of nitrogens with zero attached hydrogens (tertiary/aromatic N) is 3. The first-order valence-corrected chi connectivity index (χ1v) is 7.49. The molecule has 1 atom stereocenters. The van der Waals surface area contributed by atoms with Gasteiger partial charge in [0.2, 0.25) is 5.91 Å². The molecule has 1 saturated heterocycles. The number of rotatable bonds is 3. The highest BCUT2D eigenvalue weighted by atomic mass is 16.2. The maximum absolute atomic E-state index is 12.5. The molecule has 2 aromatic heterocycles. The summed E-state index contributed by atoms with van der Waals surface area (Å²) in [6, 6.07) is 0. The Hall–Kier alpha value is -2.71. The molecule has 3 rings (SSSR count). The Balaban J connectivity index is 1.73. The number of piperidine rings is 1. The topological polar surface area (TPSA) is 128 Å². The average molecular weight is 318 g/mol. The van der Waals surface area contributed by atoms with Crippen LogP contribution in [0.25, 0.3) is 0 Å². The largest absolute Gasteiger partial charge is 0.342 e. The zero-order chi connectivity index (χ0) is 16.4. The quantitative estimate of drug-likeness (QED) is 0.699. The lowest BCUT2D eigenvalue weighted by atomic mass is 9.97. The van der Waals surface area contributed by atoms with Gasteiger partial charge in [0.15, 0.2) is 0 Å². The predicted molar refractivity (Wildman–Crippen MR) is 81.1 cm³/mol. The summed E-state index contributed by atoms with van der Waals surface area (Å²) in [4.78, 5) is 46.1. The molecule has 1 amide bonds. The minimum absolute atomic E-state index is 0.0267. The van der Waals surface area contributed by atoms with E-state index >= 15 is 0 Å². The maximum atomic E-state index is 12.5. The van der Waals surface area contributed by atoms with Crippen LogP contribution in [0.1, 0.15) is 35.8 Å². The van der Waals surface area contributed by atoms with Crippen LogP contribution in [0.4, 0.5) is 0 Å². The van der Waals surface area contributed by atoms with E-state index in [-0.39, 0.29) is 18.2 Å². The van der Waals surface area contributed by atoms with E-state index in [0.29, 0.717) is 24.3 Å². The number of aromatic amines is 3. The number of carbonyl (C=O) groups excluding carboxylic acids is 1. The first kappa shape index (κ1) is 15.2. The molecule has 0 spiro atoms. The molecule has 1 fully saturated rings. The Labute approximate surface area is 131 Å². The van der Waals surface area contributed by atoms with Crippen molar-refractivity contribution in [2.45, 2.75) is 32.1 Å². The highest BCUT2D eigenvalue weighted by Gasteiger charge is 2.27. The number of H-pyrrole nitrogens is 3. The molecule has 23 heavy (non-hydrogen) atoms. The van der Waals surface area contributed by atoms with E-state index in [1.807, 2.05) is 0 Å². The average Bonchev–Trinajstić information content (AvgIpc) is 3.05. The summed E-state index contributed by atoms with van der Waals surface area (Å²) < 4.78 is 0. The van der Waals surface area contributed by atoms with Gasteiger partial charge in [0, 0.05) is 30.3 Å². The highest BCUT2D eigenvalue weighted by molar-refractivity contribution is 5.79. The summed E-state index contributed by atoms with van der Waals surface area (Å²) in [5.74, 6) is 0.778. The fourth-order valence-electron chi connectivity index (χ4n) is 2.94. The zero-order valence-corrected chi connectivity index (χ0v) is 12.8. The number of carbonyl (C=O) groups is 1. The Morgan fingerprint density at radius 2 is 2.22 bits per heavy atom. The van der Waals surface area contributed by atoms with Crippen molar-refractivity contribution >= 4 is 5.91 Å². The molecular formula is C14H18N6O3. The Morgan fingerprint density at radius 1 is 1.39 bits per heavy atom. The molecule has 1 aliphatic heterocycles. The molecule has 9 nitrogen and oxygen atoms in total. The van der Waals surface area contributed by atoms with Gasteiger partial charge in [-0.1, -0.05) is 0 Å². The van der Waals surface area contributed by atoms with E-state index in [1.165, 1.54) is 6.33 Å². The van der Waals surface area contributed by atoms with Gasteiger partial charge in [0.05, 0.1) is 6.42 Å². The number of hydrogen-bond acceptors (Lipinski definition) is 5. The molecular weight excluding hydrogens is 300 g/mol. The molecule has 0 aliphatic carbocycles. The standard InChI is InChI=1S/C14H18N6O3/c1-8-10(13(22)18-14(23)17-8)5-11(21)20-4-2-3-9(6-20)12-15-7-16-19-12/h7,9H,2-6H2,1H3,(H,15,16,19)(H2,17,18,22,23)/t9-/m0/s1.